The summed E-state index contributed by atoms with van der Waals surface area (Å²) in [7, 11) is 3.57. The molecule has 0 heterocycles. The quantitative estimate of drug-likeness (QED) is 0.757. The molecule has 0 spiro atoms. The Hall–Kier alpha value is -2.49. The molecule has 1 saturated carbocycles. The molecule has 0 saturated heterocycles. The lowest BCUT2D eigenvalue weighted by Gasteiger charge is -2.31. The van der Waals surface area contributed by atoms with Crippen LogP contribution in [0.4, 0.5) is 0 Å². The van der Waals surface area contributed by atoms with E-state index in [4.69, 9.17) is 9.47 Å². The second kappa shape index (κ2) is 8.75. The lowest BCUT2D eigenvalue weighted by molar-refractivity contribution is 0.0696. The number of rotatable bonds is 6. The van der Waals surface area contributed by atoms with E-state index in [-0.39, 0.29) is 5.91 Å². The molecule has 1 fully saturated rings. The van der Waals surface area contributed by atoms with Crippen molar-refractivity contribution in [1.29, 1.82) is 0 Å². The van der Waals surface area contributed by atoms with Crippen LogP contribution in [0, 0.1) is 0 Å². The van der Waals surface area contributed by atoms with Crippen LogP contribution >= 0.6 is 0 Å². The monoisotopic (exact) mass is 353 g/mol. The molecule has 2 aromatic carbocycles. The highest BCUT2D eigenvalue weighted by Gasteiger charge is 2.22. The van der Waals surface area contributed by atoms with Crippen LogP contribution < -0.4 is 9.47 Å². The molecule has 0 bridgehead atoms. The molecule has 138 valence electrons. The highest BCUT2D eigenvalue weighted by atomic mass is 16.5. The van der Waals surface area contributed by atoms with E-state index in [2.05, 4.69) is 0 Å². The minimum Gasteiger partial charge on any atom is -0.497 e. The topological polar surface area (TPSA) is 38.8 Å². The number of hydrogen-bond acceptors (Lipinski definition) is 3. The summed E-state index contributed by atoms with van der Waals surface area (Å²) in [4.78, 5) is 14.6. The number of ether oxygens (including phenoxy) is 2. The Bertz CT molecular complexity index is 720. The predicted octanol–water partition coefficient (Wildman–Crippen LogP) is 4.68. The van der Waals surface area contributed by atoms with Gasteiger partial charge < -0.3 is 14.4 Å². The number of benzene rings is 2. The van der Waals surface area contributed by atoms with Crippen LogP contribution in [0.3, 0.4) is 0 Å². The SMILES string of the molecule is COc1cccc(OCc2ccc(C(=O)N(C)C3CCCCC3)cc2)c1. The second-order valence-electron chi connectivity index (χ2n) is 6.87. The highest BCUT2D eigenvalue weighted by Crippen LogP contribution is 2.23. The van der Waals surface area contributed by atoms with E-state index in [0.717, 1.165) is 35.5 Å². The molecule has 1 aliphatic rings. The fourth-order valence-corrected chi connectivity index (χ4v) is 3.44. The molecule has 0 aromatic heterocycles. The van der Waals surface area contributed by atoms with Crippen LogP contribution in [0.1, 0.15) is 48.0 Å². The maximum absolute atomic E-state index is 12.7. The molecule has 0 unspecified atom stereocenters. The van der Waals surface area contributed by atoms with E-state index in [0.29, 0.717) is 12.6 Å². The molecule has 0 radical (unpaired) electrons. The molecular weight excluding hydrogens is 326 g/mol. The molecule has 4 heteroatoms. The Morgan fingerprint density at radius 3 is 2.42 bits per heavy atom. The van der Waals surface area contributed by atoms with Gasteiger partial charge in [0.2, 0.25) is 0 Å². The number of hydrogen-bond donors (Lipinski definition) is 0. The molecule has 0 N–H and O–H groups in total. The van der Waals surface area contributed by atoms with Gasteiger partial charge in [-0.1, -0.05) is 37.5 Å². The first-order valence-corrected chi connectivity index (χ1v) is 9.30. The standard InChI is InChI=1S/C22H27NO3/c1-23(19-7-4-3-5-8-19)22(24)18-13-11-17(12-14-18)16-26-21-10-6-9-20(15-21)25-2/h6,9-15,19H,3-5,7-8,16H2,1-2H3. The van der Waals surface area contributed by atoms with Crippen molar-refractivity contribution in [2.24, 2.45) is 0 Å². The maximum atomic E-state index is 12.7. The summed E-state index contributed by atoms with van der Waals surface area (Å²) in [5.41, 5.74) is 1.77. The summed E-state index contributed by atoms with van der Waals surface area (Å²) in [6, 6.07) is 15.6. The Labute approximate surface area is 155 Å². The zero-order chi connectivity index (χ0) is 18.4. The smallest absolute Gasteiger partial charge is 0.253 e. The van der Waals surface area contributed by atoms with E-state index >= 15 is 0 Å². The van der Waals surface area contributed by atoms with Crippen LogP contribution in [-0.2, 0) is 6.61 Å². The molecule has 0 aliphatic heterocycles. The normalized spacial score (nSPS) is 14.7. The van der Waals surface area contributed by atoms with E-state index in [1.54, 1.807) is 7.11 Å². The van der Waals surface area contributed by atoms with Gasteiger partial charge in [-0.25, -0.2) is 0 Å². The van der Waals surface area contributed by atoms with Gasteiger partial charge in [-0.3, -0.25) is 4.79 Å². The van der Waals surface area contributed by atoms with Crippen molar-refractivity contribution in [3.05, 3.63) is 59.7 Å². The van der Waals surface area contributed by atoms with E-state index < -0.39 is 0 Å². The molecule has 0 atom stereocenters. The van der Waals surface area contributed by atoms with Crippen molar-refractivity contribution in [1.82, 2.24) is 4.90 Å². The largest absolute Gasteiger partial charge is 0.497 e. The first-order chi connectivity index (χ1) is 12.7. The number of carbonyl (C=O) groups is 1. The van der Waals surface area contributed by atoms with Gasteiger partial charge in [-0.15, -0.1) is 0 Å². The Morgan fingerprint density at radius 1 is 1.04 bits per heavy atom. The fraction of sp³-hybridized carbons (Fsp3) is 0.409. The Morgan fingerprint density at radius 2 is 1.73 bits per heavy atom. The third kappa shape index (κ3) is 4.57. The van der Waals surface area contributed by atoms with Crippen LogP contribution in [-0.4, -0.2) is 31.0 Å². The van der Waals surface area contributed by atoms with Gasteiger partial charge in [0.05, 0.1) is 7.11 Å². The van der Waals surface area contributed by atoms with Gasteiger partial charge in [0.15, 0.2) is 0 Å². The summed E-state index contributed by atoms with van der Waals surface area (Å²) < 4.78 is 11.0. The summed E-state index contributed by atoms with van der Waals surface area (Å²) in [6.07, 6.45) is 5.98. The van der Waals surface area contributed by atoms with Gasteiger partial charge >= 0.3 is 0 Å². The van der Waals surface area contributed by atoms with Crippen LogP contribution in [0.2, 0.25) is 0 Å². The van der Waals surface area contributed by atoms with Gasteiger partial charge in [0, 0.05) is 24.7 Å². The average Bonchev–Trinajstić information content (AvgIpc) is 2.72. The average molecular weight is 353 g/mol. The van der Waals surface area contributed by atoms with Gasteiger partial charge in [-0.2, -0.15) is 0 Å². The minimum atomic E-state index is 0.108. The summed E-state index contributed by atoms with van der Waals surface area (Å²) >= 11 is 0. The molecule has 4 nitrogen and oxygen atoms in total. The third-order valence-electron chi connectivity index (χ3n) is 5.09. The van der Waals surface area contributed by atoms with Crippen molar-refractivity contribution in [3.63, 3.8) is 0 Å². The summed E-state index contributed by atoms with van der Waals surface area (Å²) in [5, 5.41) is 0. The molecule has 3 rings (SSSR count). The van der Waals surface area contributed by atoms with Crippen LogP contribution in [0.5, 0.6) is 11.5 Å². The lowest BCUT2D eigenvalue weighted by Crippen LogP contribution is -2.38. The molecule has 2 aromatic rings. The third-order valence-corrected chi connectivity index (χ3v) is 5.09. The van der Waals surface area contributed by atoms with E-state index in [1.165, 1.54) is 19.3 Å². The van der Waals surface area contributed by atoms with Crippen molar-refractivity contribution < 1.29 is 14.3 Å². The lowest BCUT2D eigenvalue weighted by atomic mass is 9.94. The number of amides is 1. The number of nitrogens with zero attached hydrogens (tertiary/aromatic N) is 1. The van der Waals surface area contributed by atoms with Gasteiger partial charge in [0.25, 0.3) is 5.91 Å². The zero-order valence-electron chi connectivity index (χ0n) is 15.6. The minimum absolute atomic E-state index is 0.108. The summed E-state index contributed by atoms with van der Waals surface area (Å²) in [5.74, 6) is 1.65. The molecular formula is C22H27NO3. The first kappa shape index (κ1) is 18.3. The Balaban J connectivity index is 1.58. The van der Waals surface area contributed by atoms with Gasteiger partial charge in [0.1, 0.15) is 18.1 Å². The highest BCUT2D eigenvalue weighted by molar-refractivity contribution is 5.94. The van der Waals surface area contributed by atoms with Crippen LogP contribution in [0.25, 0.3) is 0 Å². The summed E-state index contributed by atoms with van der Waals surface area (Å²) in [6.45, 7) is 0.458. The Kier molecular flexibility index (Phi) is 6.16. The van der Waals surface area contributed by atoms with Gasteiger partial charge in [-0.05, 0) is 42.7 Å². The molecule has 1 amide bonds. The van der Waals surface area contributed by atoms with Crippen LogP contribution in [0.15, 0.2) is 48.5 Å². The van der Waals surface area contributed by atoms with Crippen molar-refractivity contribution in [2.45, 2.75) is 44.8 Å². The van der Waals surface area contributed by atoms with E-state index in [9.17, 15) is 4.79 Å². The van der Waals surface area contributed by atoms with E-state index in [1.807, 2.05) is 60.5 Å². The molecule has 26 heavy (non-hydrogen) atoms. The maximum Gasteiger partial charge on any atom is 0.253 e. The number of methoxy groups -OCH3 is 1. The second-order valence-corrected chi connectivity index (χ2v) is 6.87. The first-order valence-electron chi connectivity index (χ1n) is 9.30. The van der Waals surface area contributed by atoms with Crippen molar-refractivity contribution in [3.8, 4) is 11.5 Å². The van der Waals surface area contributed by atoms with Crippen molar-refractivity contribution in [2.75, 3.05) is 14.2 Å². The zero-order valence-corrected chi connectivity index (χ0v) is 15.6. The fourth-order valence-electron chi connectivity index (χ4n) is 3.44. The predicted molar refractivity (Wildman–Crippen MR) is 103 cm³/mol. The molecule has 1 aliphatic carbocycles. The number of carbonyl (C=O) groups excluding carboxylic acids is 1. The van der Waals surface area contributed by atoms with Crippen molar-refractivity contribution >= 4 is 5.91 Å².